The second kappa shape index (κ2) is 26.5. The summed E-state index contributed by atoms with van der Waals surface area (Å²) in [4.78, 5) is 30.6. The fourth-order valence-corrected chi connectivity index (χ4v) is 9.49. The molecule has 384 valence electrons. The summed E-state index contributed by atoms with van der Waals surface area (Å²) in [6, 6.07) is 72.5. The van der Waals surface area contributed by atoms with E-state index >= 15 is 0 Å². The number of hydrogen-bond acceptors (Lipinski definition) is 8. The van der Waals surface area contributed by atoms with Crippen LogP contribution < -0.4 is 9.80 Å². The number of ketones is 1. The highest BCUT2D eigenvalue weighted by Gasteiger charge is 2.35. The van der Waals surface area contributed by atoms with Crippen LogP contribution in [-0.2, 0) is 36.6 Å². The molecule has 8 nitrogen and oxygen atoms in total. The first-order valence-corrected chi connectivity index (χ1v) is 26.6. The summed E-state index contributed by atoms with van der Waals surface area (Å²) >= 11 is 0. The Kier molecular flexibility index (Phi) is 19.0. The molecule has 0 radical (unpaired) electrons. The first-order chi connectivity index (χ1) is 36.7. The van der Waals surface area contributed by atoms with Crippen molar-refractivity contribution in [3.8, 4) is 33.4 Å². The van der Waals surface area contributed by atoms with Crippen molar-refractivity contribution in [3.63, 3.8) is 0 Å². The predicted octanol–water partition coefficient (Wildman–Crippen LogP) is 16.0. The topological polar surface area (TPSA) is 88.5 Å². The van der Waals surface area contributed by atoms with Gasteiger partial charge in [0.05, 0.1) is 25.9 Å². The van der Waals surface area contributed by atoms with Crippen molar-refractivity contribution in [2.45, 2.75) is 84.3 Å². The third kappa shape index (κ3) is 14.0. The van der Waals surface area contributed by atoms with Crippen molar-refractivity contribution < 1.29 is 28.9 Å². The zero-order valence-corrected chi connectivity index (χ0v) is 43.9. The van der Waals surface area contributed by atoms with E-state index in [1.807, 2.05) is 32.9 Å². The largest absolute Gasteiger partial charge is 0.463 e. The van der Waals surface area contributed by atoms with Crippen LogP contribution in [0.25, 0.3) is 33.4 Å². The number of carbonyl (C=O) groups excluding carboxylic acids is 2. The van der Waals surface area contributed by atoms with Crippen LogP contribution in [0, 0.1) is 0 Å². The van der Waals surface area contributed by atoms with E-state index in [1.165, 1.54) is 0 Å². The van der Waals surface area contributed by atoms with Gasteiger partial charge in [-0.2, -0.15) is 0 Å². The van der Waals surface area contributed by atoms with Gasteiger partial charge in [-0.15, -0.1) is 0 Å². The fourth-order valence-electron chi connectivity index (χ4n) is 9.49. The molecule has 8 rings (SSSR count). The van der Waals surface area contributed by atoms with Gasteiger partial charge in [0.2, 0.25) is 0 Å². The van der Waals surface area contributed by atoms with Crippen molar-refractivity contribution in [2.24, 2.45) is 0 Å². The molecule has 0 bridgehead atoms. The third-order valence-electron chi connectivity index (χ3n) is 14.1. The molecule has 8 aromatic carbocycles. The molecule has 1 atom stereocenters. The molecule has 8 heteroatoms. The molecule has 0 heterocycles. The molecule has 1 N–H and O–H groups in total. The van der Waals surface area contributed by atoms with E-state index < -0.39 is 5.60 Å². The van der Waals surface area contributed by atoms with E-state index in [0.717, 1.165) is 85.1 Å². The van der Waals surface area contributed by atoms with E-state index in [2.05, 4.69) is 211 Å². The summed E-state index contributed by atoms with van der Waals surface area (Å²) in [5.41, 5.74) is 14.1. The Bertz CT molecular complexity index is 2990. The highest BCUT2D eigenvalue weighted by molar-refractivity contribution is 5.88. The summed E-state index contributed by atoms with van der Waals surface area (Å²) in [6.07, 6.45) is 4.06. The average Bonchev–Trinajstić information content (AvgIpc) is 3.47. The minimum absolute atomic E-state index is 0.0734. The number of carbonyl (C=O) groups is 2. The summed E-state index contributed by atoms with van der Waals surface area (Å²) in [5.74, 6) is -0.150. The van der Waals surface area contributed by atoms with Gasteiger partial charge in [0.25, 0.3) is 0 Å². The Labute approximate surface area is 444 Å². The lowest BCUT2D eigenvalue weighted by molar-refractivity contribution is -0.147. The van der Waals surface area contributed by atoms with Crippen LogP contribution in [-0.4, -0.2) is 55.0 Å². The van der Waals surface area contributed by atoms with E-state index in [1.54, 1.807) is 0 Å². The molecule has 75 heavy (non-hydrogen) atoms. The Morgan fingerprint density at radius 2 is 0.800 bits per heavy atom. The summed E-state index contributed by atoms with van der Waals surface area (Å²) in [5, 5.41) is 9.40. The van der Waals surface area contributed by atoms with Gasteiger partial charge < -0.3 is 29.1 Å². The van der Waals surface area contributed by atoms with Gasteiger partial charge in [0.1, 0.15) is 12.2 Å². The van der Waals surface area contributed by atoms with Gasteiger partial charge in [-0.05, 0) is 156 Å². The first-order valence-electron chi connectivity index (χ1n) is 26.6. The van der Waals surface area contributed by atoms with Gasteiger partial charge >= 0.3 is 5.97 Å². The van der Waals surface area contributed by atoms with E-state index in [0.29, 0.717) is 45.1 Å². The second-order valence-electron chi connectivity index (χ2n) is 18.9. The molecule has 1 unspecified atom stereocenters. The summed E-state index contributed by atoms with van der Waals surface area (Å²) in [7, 11) is 0. The number of ether oxygens (including phenoxy) is 3. The maximum Gasteiger partial charge on any atom is 0.306 e. The van der Waals surface area contributed by atoms with Crippen molar-refractivity contribution in [2.75, 3.05) is 36.2 Å². The van der Waals surface area contributed by atoms with Gasteiger partial charge in [0, 0.05) is 47.0 Å². The number of aliphatic hydroxyl groups excluding tert-OH is 1. The predicted molar refractivity (Wildman–Crippen MR) is 307 cm³/mol. The minimum Gasteiger partial charge on any atom is -0.463 e. The molecule has 0 amide bonds. The monoisotopic (exact) mass is 999 g/mol. The number of nitrogens with zero attached hydrogens (tertiary/aromatic N) is 2. The maximum absolute atomic E-state index is 13.5. The molecule has 0 aromatic heterocycles. The molecule has 0 aliphatic carbocycles. The number of hydrogen-bond donors (Lipinski definition) is 1. The zero-order chi connectivity index (χ0) is 52.4. The van der Waals surface area contributed by atoms with Crippen LogP contribution in [0.2, 0.25) is 0 Å². The highest BCUT2D eigenvalue weighted by atomic mass is 16.6. The SMILES string of the molecule is CCC(C)OCCOC(=O)CCc1ccc(N(c2ccc(-c3ccccc3)cc2)c2ccc(-c3ccc(N(c4ccc(CCC(=O)C(CC)(CC)OCCO)cc4)c4ccc(-c5ccccc5)cc4)cc3)cc2)cc1. The molecule has 0 spiro atoms. The van der Waals surface area contributed by atoms with E-state index in [-0.39, 0.29) is 37.7 Å². The van der Waals surface area contributed by atoms with E-state index in [4.69, 9.17) is 14.2 Å². The van der Waals surface area contributed by atoms with Crippen LogP contribution in [0.15, 0.2) is 206 Å². The molecule has 0 saturated carbocycles. The molecular formula is C67H70N2O6. The van der Waals surface area contributed by atoms with Crippen LogP contribution in [0.5, 0.6) is 0 Å². The van der Waals surface area contributed by atoms with Gasteiger partial charge in [-0.1, -0.05) is 154 Å². The lowest BCUT2D eigenvalue weighted by Gasteiger charge is -2.30. The van der Waals surface area contributed by atoms with Crippen molar-refractivity contribution in [1.82, 2.24) is 0 Å². The lowest BCUT2D eigenvalue weighted by atomic mass is 9.88. The number of anilines is 6. The highest BCUT2D eigenvalue weighted by Crippen LogP contribution is 2.40. The molecule has 0 saturated heterocycles. The number of esters is 1. The van der Waals surface area contributed by atoms with Gasteiger partial charge in [-0.25, -0.2) is 0 Å². The standard InChI is InChI=1S/C67H70N2O6/c1-5-50(4)73-48-49-74-66(72)45-23-52-20-34-60(35-21-52)69(62-38-26-56(27-39-62)54-16-12-9-13-17-54)64-42-30-58(31-43-64)57-28-40-63(41-29-57)68(61-36-24-55(25-37-61)53-14-10-8-11-15-53)59-32-18-51(19-33-59)22-44-65(71)67(6-2,7-3)75-47-46-70/h8-21,24-43,50,70H,5-7,22-23,44-49H2,1-4H3. The van der Waals surface area contributed by atoms with Crippen LogP contribution >= 0.6 is 0 Å². The third-order valence-corrected chi connectivity index (χ3v) is 14.1. The Morgan fingerprint density at radius 1 is 0.453 bits per heavy atom. The quantitative estimate of drug-likeness (QED) is 0.0424. The van der Waals surface area contributed by atoms with Gasteiger partial charge in [0.15, 0.2) is 5.78 Å². The zero-order valence-electron chi connectivity index (χ0n) is 43.9. The number of Topliss-reactive ketones (excluding diaryl/α,β-unsaturated/α-hetero) is 1. The summed E-state index contributed by atoms with van der Waals surface area (Å²) < 4.78 is 17.0. The molecule has 0 fully saturated rings. The first kappa shape index (κ1) is 53.7. The number of rotatable bonds is 26. The Morgan fingerprint density at radius 3 is 1.15 bits per heavy atom. The normalized spacial score (nSPS) is 11.7. The fraction of sp³-hybridized carbons (Fsp3) is 0.254. The van der Waals surface area contributed by atoms with Crippen LogP contribution in [0.3, 0.4) is 0 Å². The Hall–Kier alpha value is -7.62. The number of aryl methyl sites for hydroxylation is 2. The molecular weight excluding hydrogens is 929 g/mol. The Balaban J connectivity index is 1.02. The van der Waals surface area contributed by atoms with Crippen LogP contribution in [0.4, 0.5) is 34.1 Å². The summed E-state index contributed by atoms with van der Waals surface area (Å²) in [6.45, 7) is 8.74. The smallest absolute Gasteiger partial charge is 0.306 e. The minimum atomic E-state index is -0.867. The van der Waals surface area contributed by atoms with E-state index in [9.17, 15) is 14.7 Å². The van der Waals surface area contributed by atoms with Crippen LogP contribution in [0.1, 0.15) is 70.9 Å². The molecule has 0 aliphatic rings. The number of aliphatic hydroxyl groups is 1. The maximum atomic E-state index is 13.5. The average molecular weight is 999 g/mol. The number of benzene rings is 8. The second-order valence-corrected chi connectivity index (χ2v) is 18.9. The molecule has 0 aliphatic heterocycles. The van der Waals surface area contributed by atoms with Crippen molar-refractivity contribution >= 4 is 45.9 Å². The van der Waals surface area contributed by atoms with Crippen molar-refractivity contribution in [3.05, 3.63) is 217 Å². The van der Waals surface area contributed by atoms with Gasteiger partial charge in [-0.3, -0.25) is 9.59 Å². The molecule has 8 aromatic rings. The van der Waals surface area contributed by atoms with Crippen molar-refractivity contribution in [1.29, 1.82) is 0 Å². The lowest BCUT2D eigenvalue weighted by Crippen LogP contribution is -2.41.